The van der Waals surface area contributed by atoms with E-state index in [0.717, 1.165) is 11.8 Å². The average Bonchev–Trinajstić information content (AvgIpc) is 3.11. The molecule has 1 aliphatic heterocycles. The van der Waals surface area contributed by atoms with E-state index in [2.05, 4.69) is 20.8 Å². The van der Waals surface area contributed by atoms with Crippen molar-refractivity contribution in [3.05, 3.63) is 52.9 Å². The van der Waals surface area contributed by atoms with Gasteiger partial charge in [-0.15, -0.1) is 0 Å². The lowest BCUT2D eigenvalue weighted by Gasteiger charge is -2.21. The summed E-state index contributed by atoms with van der Waals surface area (Å²) in [7, 11) is 0. The number of amides is 1. The number of aryl methyl sites for hydroxylation is 1. The van der Waals surface area contributed by atoms with Crippen LogP contribution in [-0.4, -0.2) is 66.7 Å². The maximum atomic E-state index is 14.1. The molecule has 0 aromatic heterocycles. The van der Waals surface area contributed by atoms with Crippen LogP contribution in [0.25, 0.3) is 0 Å². The first-order chi connectivity index (χ1) is 18.6. The SMILES string of the molecule is CCC/C=C(NCCCN1CCOCCC1=O)/C(=C\N=C(C)Nc1ccc(/C(N)=N\O)cc1CC)C(F)(F)F. The molecule has 1 aromatic carbocycles. The van der Waals surface area contributed by atoms with Gasteiger partial charge in [0.25, 0.3) is 0 Å². The molecule has 1 aromatic rings. The molecule has 0 saturated carbocycles. The number of amidine groups is 2. The topological polar surface area (TPSA) is 125 Å². The van der Waals surface area contributed by atoms with Gasteiger partial charge in [0.2, 0.25) is 5.91 Å². The second-order valence-electron chi connectivity index (χ2n) is 9.02. The Balaban J connectivity index is 2.18. The van der Waals surface area contributed by atoms with Crippen LogP contribution in [0.3, 0.4) is 0 Å². The number of nitrogens with two attached hydrogens (primary N) is 1. The third-order valence-electron chi connectivity index (χ3n) is 6.06. The monoisotopic (exact) mass is 552 g/mol. The Bertz CT molecular complexity index is 1080. The highest BCUT2D eigenvalue weighted by Gasteiger charge is 2.36. The van der Waals surface area contributed by atoms with E-state index in [4.69, 9.17) is 15.7 Å². The summed E-state index contributed by atoms with van der Waals surface area (Å²) in [5, 5.41) is 17.9. The summed E-state index contributed by atoms with van der Waals surface area (Å²) in [6.45, 7) is 7.42. The second-order valence-corrected chi connectivity index (χ2v) is 9.02. The highest BCUT2D eigenvalue weighted by molar-refractivity contribution is 5.99. The Kier molecular flexibility index (Phi) is 12.8. The molecule has 1 aliphatic rings. The molecule has 12 heteroatoms. The number of alkyl halides is 3. The molecule has 39 heavy (non-hydrogen) atoms. The Labute approximate surface area is 227 Å². The van der Waals surface area contributed by atoms with Crippen molar-refractivity contribution >= 4 is 23.3 Å². The number of carbonyl (C=O) groups excluding carboxylic acids is 1. The number of nitrogens with one attached hydrogen (secondary N) is 2. The van der Waals surface area contributed by atoms with Gasteiger partial charge < -0.3 is 31.2 Å². The molecule has 0 atom stereocenters. The number of halogens is 3. The number of nitrogens with zero attached hydrogens (tertiary/aromatic N) is 3. The number of hydrogen-bond acceptors (Lipinski definition) is 6. The van der Waals surface area contributed by atoms with E-state index in [1.807, 2.05) is 13.8 Å². The summed E-state index contributed by atoms with van der Waals surface area (Å²) in [5.74, 6) is 0.221. The fraction of sp³-hybridized carbons (Fsp3) is 0.519. The van der Waals surface area contributed by atoms with E-state index in [0.29, 0.717) is 69.7 Å². The summed E-state index contributed by atoms with van der Waals surface area (Å²) in [5.41, 5.74) is 6.75. The van der Waals surface area contributed by atoms with Gasteiger partial charge in [-0.25, -0.2) is 4.99 Å². The van der Waals surface area contributed by atoms with Crippen molar-refractivity contribution in [2.45, 2.75) is 59.1 Å². The fourth-order valence-corrected chi connectivity index (χ4v) is 3.92. The molecule has 5 N–H and O–H groups in total. The third-order valence-corrected chi connectivity index (χ3v) is 6.06. The molecule has 1 saturated heterocycles. The van der Waals surface area contributed by atoms with Crippen LogP contribution < -0.4 is 16.4 Å². The van der Waals surface area contributed by atoms with Crippen molar-refractivity contribution in [1.29, 1.82) is 0 Å². The number of aliphatic imine (C=N–C) groups is 1. The first kappa shape index (κ1) is 31.7. The molecule has 1 heterocycles. The molecule has 2 rings (SSSR count). The van der Waals surface area contributed by atoms with Crippen LogP contribution in [0.2, 0.25) is 0 Å². The molecule has 0 radical (unpaired) electrons. The first-order valence-electron chi connectivity index (χ1n) is 13.1. The normalized spacial score (nSPS) is 16.4. The predicted octanol–water partition coefficient (Wildman–Crippen LogP) is 4.53. The molecular weight excluding hydrogens is 513 g/mol. The summed E-state index contributed by atoms with van der Waals surface area (Å²) in [6.07, 6.45) is 0.282. The standard InChI is InChI=1S/C27H39F3N6O3/c1-4-6-8-24(32-12-7-13-36-14-16-39-15-11-25(36)37)22(27(28,29)30)18-33-19(3)34-23-10-9-21(26(31)35-38)17-20(23)5-2/h8-10,17-18,32,38H,4-7,11-16H2,1-3H3,(H2,31,35)(H,33,34)/b22-18+,24-8-. The fourth-order valence-electron chi connectivity index (χ4n) is 3.92. The summed E-state index contributed by atoms with van der Waals surface area (Å²) >= 11 is 0. The highest BCUT2D eigenvalue weighted by atomic mass is 19.4. The zero-order valence-electron chi connectivity index (χ0n) is 22.8. The Morgan fingerprint density at radius 1 is 1.28 bits per heavy atom. The van der Waals surface area contributed by atoms with E-state index >= 15 is 0 Å². The minimum atomic E-state index is -4.63. The molecular formula is C27H39F3N6O3. The maximum Gasteiger partial charge on any atom is 0.419 e. The first-order valence-corrected chi connectivity index (χ1v) is 13.1. The number of hydrogen-bond donors (Lipinski definition) is 4. The minimum Gasteiger partial charge on any atom is -0.409 e. The van der Waals surface area contributed by atoms with Crippen molar-refractivity contribution in [2.75, 3.05) is 38.2 Å². The number of rotatable bonds is 12. The smallest absolute Gasteiger partial charge is 0.409 e. The van der Waals surface area contributed by atoms with Gasteiger partial charge >= 0.3 is 6.18 Å². The summed E-state index contributed by atoms with van der Waals surface area (Å²) in [6, 6.07) is 5.08. The van der Waals surface area contributed by atoms with Gasteiger partial charge in [0.05, 0.1) is 25.2 Å². The average molecular weight is 553 g/mol. The zero-order chi connectivity index (χ0) is 28.8. The molecule has 0 unspecified atom stereocenters. The van der Waals surface area contributed by atoms with Gasteiger partial charge in [-0.05, 0) is 49.9 Å². The zero-order valence-corrected chi connectivity index (χ0v) is 22.8. The molecule has 1 fully saturated rings. The van der Waals surface area contributed by atoms with E-state index in [-0.39, 0.29) is 29.8 Å². The Morgan fingerprint density at radius 2 is 2.05 bits per heavy atom. The number of unbranched alkanes of at least 4 members (excludes halogenated alkanes) is 1. The maximum absolute atomic E-state index is 14.1. The van der Waals surface area contributed by atoms with Crippen molar-refractivity contribution < 1.29 is 27.9 Å². The lowest BCUT2D eigenvalue weighted by atomic mass is 10.1. The van der Waals surface area contributed by atoms with E-state index < -0.39 is 11.7 Å². The van der Waals surface area contributed by atoms with Crippen LogP contribution in [0.1, 0.15) is 57.6 Å². The quantitative estimate of drug-likeness (QED) is 0.0754. The number of allylic oxidation sites excluding steroid dienone is 2. The van der Waals surface area contributed by atoms with Crippen molar-refractivity contribution in [3.8, 4) is 0 Å². The molecule has 1 amide bonds. The van der Waals surface area contributed by atoms with Crippen molar-refractivity contribution in [2.24, 2.45) is 15.9 Å². The lowest BCUT2D eigenvalue weighted by Crippen LogP contribution is -2.34. The van der Waals surface area contributed by atoms with Gasteiger partial charge in [0.15, 0.2) is 5.84 Å². The largest absolute Gasteiger partial charge is 0.419 e. The molecule has 0 bridgehead atoms. The number of anilines is 1. The minimum absolute atomic E-state index is 0.00620. The van der Waals surface area contributed by atoms with Gasteiger partial charge in [-0.3, -0.25) is 4.79 Å². The second kappa shape index (κ2) is 15.8. The van der Waals surface area contributed by atoms with E-state index in [1.165, 1.54) is 6.08 Å². The van der Waals surface area contributed by atoms with Crippen LogP contribution in [-0.2, 0) is 16.0 Å². The lowest BCUT2D eigenvalue weighted by molar-refractivity contribution is -0.130. The van der Waals surface area contributed by atoms with E-state index in [1.54, 1.807) is 30.0 Å². The van der Waals surface area contributed by atoms with Gasteiger partial charge in [0, 0.05) is 42.8 Å². The van der Waals surface area contributed by atoms with Crippen LogP contribution >= 0.6 is 0 Å². The van der Waals surface area contributed by atoms with Crippen LogP contribution in [0.4, 0.5) is 18.9 Å². The Hall–Kier alpha value is -3.54. The van der Waals surface area contributed by atoms with Gasteiger partial charge in [0.1, 0.15) is 5.84 Å². The number of benzene rings is 1. The number of ether oxygens (including phenoxy) is 1. The van der Waals surface area contributed by atoms with E-state index in [9.17, 15) is 18.0 Å². The van der Waals surface area contributed by atoms with Crippen LogP contribution in [0.5, 0.6) is 0 Å². The summed E-state index contributed by atoms with van der Waals surface area (Å²) < 4.78 is 47.6. The number of oxime groups is 1. The number of carbonyl (C=O) groups is 1. The van der Waals surface area contributed by atoms with Gasteiger partial charge in [-0.2, -0.15) is 13.2 Å². The molecule has 0 spiro atoms. The highest BCUT2D eigenvalue weighted by Crippen LogP contribution is 2.31. The third kappa shape index (κ3) is 10.3. The predicted molar refractivity (Wildman–Crippen MR) is 147 cm³/mol. The molecule has 216 valence electrons. The van der Waals surface area contributed by atoms with Crippen LogP contribution in [0.15, 0.2) is 51.9 Å². The molecule has 0 aliphatic carbocycles. The van der Waals surface area contributed by atoms with Gasteiger partial charge in [-0.1, -0.05) is 31.5 Å². The van der Waals surface area contributed by atoms with Crippen LogP contribution in [0, 0.1) is 0 Å². The summed E-state index contributed by atoms with van der Waals surface area (Å²) in [4.78, 5) is 17.9. The van der Waals surface area contributed by atoms with Crippen molar-refractivity contribution in [3.63, 3.8) is 0 Å². The Morgan fingerprint density at radius 3 is 2.72 bits per heavy atom. The molecule has 9 nitrogen and oxygen atoms in total. The van der Waals surface area contributed by atoms with Crippen molar-refractivity contribution in [1.82, 2.24) is 10.2 Å².